The second-order valence-electron chi connectivity index (χ2n) is 7.19. The van der Waals surface area contributed by atoms with Crippen LogP contribution in [0.3, 0.4) is 0 Å². The zero-order chi connectivity index (χ0) is 19.4. The molecule has 26 heavy (non-hydrogen) atoms. The third-order valence-electron chi connectivity index (χ3n) is 5.09. The molecule has 0 radical (unpaired) electrons. The van der Waals surface area contributed by atoms with Crippen molar-refractivity contribution in [2.24, 2.45) is 17.8 Å². The molecule has 1 rings (SSSR count). The third kappa shape index (κ3) is 8.13. The molecule has 2 N–H and O–H groups in total. The molecule has 146 valence electrons. The van der Waals surface area contributed by atoms with Gasteiger partial charge < -0.3 is 10.2 Å². The van der Waals surface area contributed by atoms with E-state index in [-0.39, 0.29) is 30.0 Å². The van der Waals surface area contributed by atoms with Gasteiger partial charge in [0.25, 0.3) is 0 Å². The first-order valence-electron chi connectivity index (χ1n) is 9.88. The van der Waals surface area contributed by atoms with Crippen molar-refractivity contribution in [1.82, 2.24) is 0 Å². The molecule has 1 aliphatic rings. The molecule has 0 saturated heterocycles. The molecule has 0 aliphatic heterocycles. The van der Waals surface area contributed by atoms with Crippen molar-refractivity contribution in [3.63, 3.8) is 0 Å². The summed E-state index contributed by atoms with van der Waals surface area (Å²) in [6.07, 6.45) is 15.9. The van der Waals surface area contributed by atoms with E-state index in [9.17, 15) is 14.7 Å². The molecule has 0 aromatic carbocycles. The van der Waals surface area contributed by atoms with Crippen LogP contribution in [-0.2, 0) is 9.59 Å². The number of carboxylic acid groups (broad SMARTS) is 1. The van der Waals surface area contributed by atoms with E-state index in [0.717, 1.165) is 32.1 Å². The van der Waals surface area contributed by atoms with Crippen molar-refractivity contribution < 1.29 is 19.8 Å². The highest BCUT2D eigenvalue weighted by Crippen LogP contribution is 2.38. The summed E-state index contributed by atoms with van der Waals surface area (Å²) in [7, 11) is 0. The van der Waals surface area contributed by atoms with E-state index in [1.807, 2.05) is 30.4 Å². The van der Waals surface area contributed by atoms with Crippen LogP contribution in [-0.4, -0.2) is 28.1 Å². The summed E-state index contributed by atoms with van der Waals surface area (Å²) in [6.45, 7) is 6.00. The lowest BCUT2D eigenvalue weighted by molar-refractivity contribution is -0.137. The number of aliphatic hydroxyl groups excluding tert-OH is 1. The molecule has 4 heteroatoms. The Labute approximate surface area is 157 Å². The number of hydrogen-bond acceptors (Lipinski definition) is 3. The lowest BCUT2D eigenvalue weighted by Gasteiger charge is -2.18. The Bertz CT molecular complexity index is 506. The Morgan fingerprint density at radius 3 is 2.73 bits per heavy atom. The normalized spacial score (nSPS) is 24.5. The molecular weight excluding hydrogens is 328 g/mol. The molecule has 0 heterocycles. The number of Topliss-reactive ketones (excluding diaryl/α,β-unsaturated/α-hetero) is 1. The maximum absolute atomic E-state index is 12.4. The molecule has 0 amide bonds. The lowest BCUT2D eigenvalue weighted by atomic mass is 9.86. The van der Waals surface area contributed by atoms with E-state index in [0.29, 0.717) is 19.3 Å². The van der Waals surface area contributed by atoms with Crippen LogP contribution in [0.15, 0.2) is 37.0 Å². The first-order chi connectivity index (χ1) is 12.5. The standard InChI is InChI=1S/C22H34O4/c1-3-5-8-11-18(23)14-15-19-17(4-2)16-21(24)20(19)12-9-6-7-10-13-22(25)26/h4,6,9,14-15,17-20,23H,2-3,5,7-8,10-13,16H2,1H3,(H,25,26)/b9-6+,15-14+. The lowest BCUT2D eigenvalue weighted by Crippen LogP contribution is -2.15. The Kier molecular flexibility index (Phi) is 10.9. The van der Waals surface area contributed by atoms with E-state index in [1.54, 1.807) is 0 Å². The predicted octanol–water partition coefficient (Wildman–Crippen LogP) is 4.69. The molecule has 0 aromatic rings. The van der Waals surface area contributed by atoms with Crippen molar-refractivity contribution in [2.45, 2.75) is 70.8 Å². The Hall–Kier alpha value is -1.68. The topological polar surface area (TPSA) is 74.6 Å². The fraction of sp³-hybridized carbons (Fsp3) is 0.636. The van der Waals surface area contributed by atoms with Gasteiger partial charge in [-0.25, -0.2) is 0 Å². The number of unbranched alkanes of at least 4 members (excludes halogenated alkanes) is 3. The smallest absolute Gasteiger partial charge is 0.303 e. The maximum Gasteiger partial charge on any atom is 0.303 e. The third-order valence-corrected chi connectivity index (χ3v) is 5.09. The molecule has 0 spiro atoms. The fourth-order valence-corrected chi connectivity index (χ4v) is 3.53. The first kappa shape index (κ1) is 22.4. The zero-order valence-corrected chi connectivity index (χ0v) is 16.0. The van der Waals surface area contributed by atoms with Crippen LogP contribution < -0.4 is 0 Å². The van der Waals surface area contributed by atoms with Gasteiger partial charge >= 0.3 is 5.97 Å². The molecule has 0 bridgehead atoms. The van der Waals surface area contributed by atoms with E-state index in [2.05, 4.69) is 13.5 Å². The first-order valence-corrected chi connectivity index (χ1v) is 9.88. The number of aliphatic carboxylic acids is 1. The Morgan fingerprint density at radius 1 is 1.31 bits per heavy atom. The highest BCUT2D eigenvalue weighted by atomic mass is 16.4. The SMILES string of the molecule is C=CC1CC(=O)C(C/C=C/CCCC(=O)O)C1/C=C/C(O)CCCCC. The van der Waals surface area contributed by atoms with Gasteiger partial charge in [-0.1, -0.05) is 56.6 Å². The van der Waals surface area contributed by atoms with Crippen LogP contribution >= 0.6 is 0 Å². The van der Waals surface area contributed by atoms with Gasteiger partial charge in [0.2, 0.25) is 0 Å². The summed E-state index contributed by atoms with van der Waals surface area (Å²) < 4.78 is 0. The van der Waals surface area contributed by atoms with Gasteiger partial charge in [-0.05, 0) is 37.5 Å². The molecule has 4 nitrogen and oxygen atoms in total. The number of aliphatic hydroxyl groups is 1. The van der Waals surface area contributed by atoms with Gasteiger partial charge in [-0.3, -0.25) is 9.59 Å². The number of rotatable bonds is 13. The molecule has 1 saturated carbocycles. The second kappa shape index (κ2) is 12.6. The van der Waals surface area contributed by atoms with Crippen LogP contribution in [0.25, 0.3) is 0 Å². The predicted molar refractivity (Wildman–Crippen MR) is 105 cm³/mol. The second-order valence-corrected chi connectivity index (χ2v) is 7.19. The molecule has 4 atom stereocenters. The number of ketones is 1. The van der Waals surface area contributed by atoms with Crippen LogP contribution in [0.4, 0.5) is 0 Å². The summed E-state index contributed by atoms with van der Waals surface area (Å²) in [5, 5.41) is 18.7. The van der Waals surface area contributed by atoms with Crippen LogP contribution in [0.5, 0.6) is 0 Å². The Morgan fingerprint density at radius 2 is 2.08 bits per heavy atom. The van der Waals surface area contributed by atoms with Gasteiger partial charge in [0.1, 0.15) is 5.78 Å². The van der Waals surface area contributed by atoms with Crippen molar-refractivity contribution in [3.05, 3.63) is 37.0 Å². The summed E-state index contributed by atoms with van der Waals surface area (Å²) in [4.78, 5) is 22.9. The number of carbonyl (C=O) groups is 2. The van der Waals surface area contributed by atoms with Crippen molar-refractivity contribution in [3.8, 4) is 0 Å². The quantitative estimate of drug-likeness (QED) is 0.368. The molecule has 1 aliphatic carbocycles. The van der Waals surface area contributed by atoms with Crippen molar-refractivity contribution in [1.29, 1.82) is 0 Å². The van der Waals surface area contributed by atoms with Crippen molar-refractivity contribution in [2.75, 3.05) is 0 Å². The summed E-state index contributed by atoms with van der Waals surface area (Å²) in [5.74, 6) is -0.384. The summed E-state index contributed by atoms with van der Waals surface area (Å²) >= 11 is 0. The molecule has 1 fully saturated rings. The van der Waals surface area contributed by atoms with E-state index < -0.39 is 12.1 Å². The van der Waals surface area contributed by atoms with Crippen molar-refractivity contribution >= 4 is 11.8 Å². The van der Waals surface area contributed by atoms with E-state index in [1.165, 1.54) is 0 Å². The fourth-order valence-electron chi connectivity index (χ4n) is 3.53. The number of allylic oxidation sites excluding steroid dienone is 4. The Balaban J connectivity index is 2.57. The van der Waals surface area contributed by atoms with E-state index in [4.69, 9.17) is 5.11 Å². The van der Waals surface area contributed by atoms with E-state index >= 15 is 0 Å². The highest BCUT2D eigenvalue weighted by molar-refractivity contribution is 5.84. The molecular formula is C22H34O4. The number of carboxylic acids is 1. The van der Waals surface area contributed by atoms with Gasteiger partial charge in [0.05, 0.1) is 6.10 Å². The minimum Gasteiger partial charge on any atom is -0.481 e. The number of carbonyl (C=O) groups excluding carboxylic acids is 1. The molecule has 0 aromatic heterocycles. The number of hydrogen-bond donors (Lipinski definition) is 2. The largest absolute Gasteiger partial charge is 0.481 e. The average Bonchev–Trinajstić information content (AvgIpc) is 2.91. The summed E-state index contributed by atoms with van der Waals surface area (Å²) in [5.41, 5.74) is 0. The minimum atomic E-state index is -0.777. The molecule has 4 unspecified atom stereocenters. The monoisotopic (exact) mass is 362 g/mol. The van der Waals surface area contributed by atoms with Crippen LogP contribution in [0, 0.1) is 17.8 Å². The van der Waals surface area contributed by atoms with Gasteiger partial charge in [0.15, 0.2) is 0 Å². The van der Waals surface area contributed by atoms with Gasteiger partial charge in [-0.15, -0.1) is 6.58 Å². The highest BCUT2D eigenvalue weighted by Gasteiger charge is 2.38. The maximum atomic E-state index is 12.4. The van der Waals surface area contributed by atoms with Gasteiger partial charge in [-0.2, -0.15) is 0 Å². The zero-order valence-electron chi connectivity index (χ0n) is 16.0. The summed E-state index contributed by atoms with van der Waals surface area (Å²) in [6, 6.07) is 0. The van der Waals surface area contributed by atoms with Crippen LogP contribution in [0.2, 0.25) is 0 Å². The van der Waals surface area contributed by atoms with Crippen LogP contribution in [0.1, 0.15) is 64.7 Å². The average molecular weight is 363 g/mol. The minimum absolute atomic E-state index is 0.0761. The van der Waals surface area contributed by atoms with Gasteiger partial charge in [0, 0.05) is 18.8 Å².